The number of amides is 1. The third kappa shape index (κ3) is 2.69. The molecule has 0 N–H and O–H groups in total. The number of rotatable bonds is 1. The first-order chi connectivity index (χ1) is 10.8. The summed E-state index contributed by atoms with van der Waals surface area (Å²) in [6.45, 7) is 5.65. The summed E-state index contributed by atoms with van der Waals surface area (Å²) in [4.78, 5) is 34.7. The van der Waals surface area contributed by atoms with Crippen molar-refractivity contribution in [2.24, 2.45) is 0 Å². The van der Waals surface area contributed by atoms with Crippen LogP contribution in [0.4, 0.5) is 0 Å². The lowest BCUT2D eigenvalue weighted by Gasteiger charge is -2.19. The Morgan fingerprint density at radius 2 is 2.04 bits per heavy atom. The van der Waals surface area contributed by atoms with E-state index < -0.39 is 11.6 Å². The average Bonchev–Trinajstić information content (AvgIpc) is 2.84. The van der Waals surface area contributed by atoms with Gasteiger partial charge in [-0.15, -0.1) is 0 Å². The molecule has 1 aliphatic rings. The van der Waals surface area contributed by atoms with Crippen LogP contribution in [0.15, 0.2) is 24.7 Å². The van der Waals surface area contributed by atoms with E-state index in [0.29, 0.717) is 17.1 Å². The molecule has 1 amide bonds. The van der Waals surface area contributed by atoms with Crippen LogP contribution in [0.2, 0.25) is 0 Å². The molecule has 2 aromatic heterocycles. The van der Waals surface area contributed by atoms with E-state index in [9.17, 15) is 9.59 Å². The predicted molar refractivity (Wildman–Crippen MR) is 82.3 cm³/mol. The molecular weight excluding hydrogens is 296 g/mol. The average molecular weight is 314 g/mol. The quantitative estimate of drug-likeness (QED) is 0.750. The van der Waals surface area contributed by atoms with Gasteiger partial charge in [-0.3, -0.25) is 9.36 Å². The van der Waals surface area contributed by atoms with Crippen molar-refractivity contribution in [2.45, 2.75) is 32.9 Å². The minimum Gasteiger partial charge on any atom is -0.455 e. The first-order valence-electron chi connectivity index (χ1n) is 7.28. The van der Waals surface area contributed by atoms with Crippen LogP contribution in [0, 0.1) is 0 Å². The Hall–Kier alpha value is -2.70. The smallest absolute Gasteiger partial charge is 0.359 e. The second-order valence-electron chi connectivity index (χ2n) is 6.44. The Bertz CT molecular complexity index is 789. The van der Waals surface area contributed by atoms with Gasteiger partial charge in [-0.1, -0.05) is 0 Å². The van der Waals surface area contributed by atoms with E-state index in [1.165, 1.54) is 11.2 Å². The highest BCUT2D eigenvalue weighted by molar-refractivity contribution is 5.97. The number of fused-ring (bicyclic) bond motifs is 3. The van der Waals surface area contributed by atoms with E-state index in [0.717, 1.165) is 0 Å². The number of hydrogen-bond donors (Lipinski definition) is 0. The molecule has 0 radical (unpaired) electrons. The maximum atomic E-state index is 12.4. The molecule has 3 rings (SSSR count). The van der Waals surface area contributed by atoms with E-state index in [1.807, 2.05) is 0 Å². The number of nitrogens with zero attached hydrogens (tertiary/aromatic N) is 4. The summed E-state index contributed by atoms with van der Waals surface area (Å²) in [7, 11) is 1.67. The van der Waals surface area contributed by atoms with Crippen LogP contribution in [0.3, 0.4) is 0 Å². The van der Waals surface area contributed by atoms with Crippen molar-refractivity contribution in [3.05, 3.63) is 41.7 Å². The van der Waals surface area contributed by atoms with Gasteiger partial charge < -0.3 is 9.64 Å². The van der Waals surface area contributed by atoms with Crippen LogP contribution in [-0.2, 0) is 11.3 Å². The van der Waals surface area contributed by atoms with Gasteiger partial charge in [0.2, 0.25) is 0 Å². The first-order valence-corrected chi connectivity index (χ1v) is 7.28. The molecule has 0 spiro atoms. The van der Waals surface area contributed by atoms with E-state index in [4.69, 9.17) is 4.74 Å². The van der Waals surface area contributed by atoms with Gasteiger partial charge in [0.05, 0.1) is 17.9 Å². The molecule has 120 valence electrons. The number of esters is 1. The Balaban J connectivity index is 2.12. The number of pyridine rings is 1. The molecule has 0 fully saturated rings. The number of hydrogen-bond acceptors (Lipinski definition) is 5. The standard InChI is InChI=1S/C16H18N4O3/c1-16(2,3)23-15(22)13-11-8-19(4)14(21)12-10(6-5-7-17-12)20(11)9-18-13/h5-7,9H,8H2,1-4H3. The molecule has 0 unspecified atom stereocenters. The summed E-state index contributed by atoms with van der Waals surface area (Å²) in [5.74, 6) is -0.695. The summed E-state index contributed by atoms with van der Waals surface area (Å²) in [6.07, 6.45) is 3.10. The fraction of sp³-hybridized carbons (Fsp3) is 0.375. The zero-order chi connectivity index (χ0) is 16.8. The molecule has 0 bridgehead atoms. The molecule has 0 atom stereocenters. The molecule has 7 nitrogen and oxygen atoms in total. The molecule has 7 heteroatoms. The minimum atomic E-state index is -0.612. The van der Waals surface area contributed by atoms with Crippen molar-refractivity contribution >= 4 is 11.9 Å². The van der Waals surface area contributed by atoms with Gasteiger partial charge in [0, 0.05) is 13.2 Å². The molecule has 0 aromatic carbocycles. The predicted octanol–water partition coefficient (Wildman–Crippen LogP) is 1.81. The Labute approximate surface area is 133 Å². The van der Waals surface area contributed by atoms with Crippen LogP contribution in [0.1, 0.15) is 47.4 Å². The molecule has 0 aliphatic carbocycles. The van der Waals surface area contributed by atoms with Crippen LogP contribution < -0.4 is 0 Å². The van der Waals surface area contributed by atoms with Crippen LogP contribution in [0.25, 0.3) is 5.69 Å². The lowest BCUT2D eigenvalue weighted by molar-refractivity contribution is 0.00608. The summed E-state index contributed by atoms with van der Waals surface area (Å²) < 4.78 is 7.13. The fourth-order valence-electron chi connectivity index (χ4n) is 2.46. The molecule has 0 saturated carbocycles. The zero-order valence-electron chi connectivity index (χ0n) is 13.5. The number of aromatic nitrogens is 3. The third-order valence-electron chi connectivity index (χ3n) is 3.44. The summed E-state index contributed by atoms with van der Waals surface area (Å²) >= 11 is 0. The van der Waals surface area contributed by atoms with Gasteiger partial charge in [-0.2, -0.15) is 0 Å². The molecular formula is C16H18N4O3. The number of imidazole rings is 1. The van der Waals surface area contributed by atoms with Gasteiger partial charge in [-0.05, 0) is 32.9 Å². The van der Waals surface area contributed by atoms with E-state index in [1.54, 1.807) is 50.7 Å². The van der Waals surface area contributed by atoms with E-state index in [-0.39, 0.29) is 18.1 Å². The van der Waals surface area contributed by atoms with Crippen LogP contribution in [-0.4, -0.2) is 44.0 Å². The first kappa shape index (κ1) is 15.2. The Morgan fingerprint density at radius 3 is 2.74 bits per heavy atom. The van der Waals surface area contributed by atoms with E-state index in [2.05, 4.69) is 9.97 Å². The topological polar surface area (TPSA) is 77.3 Å². The molecule has 0 saturated heterocycles. The lowest BCUT2D eigenvalue weighted by Crippen LogP contribution is -2.28. The monoisotopic (exact) mass is 314 g/mol. The second kappa shape index (κ2) is 5.19. The zero-order valence-corrected chi connectivity index (χ0v) is 13.5. The maximum Gasteiger partial charge on any atom is 0.359 e. The number of carbonyl (C=O) groups is 2. The lowest BCUT2D eigenvalue weighted by atomic mass is 10.2. The van der Waals surface area contributed by atoms with Crippen molar-refractivity contribution in [1.82, 2.24) is 19.4 Å². The Kier molecular flexibility index (Phi) is 3.43. The molecule has 2 aromatic rings. The third-order valence-corrected chi connectivity index (χ3v) is 3.44. The number of ether oxygens (including phenoxy) is 1. The molecule has 23 heavy (non-hydrogen) atoms. The fourth-order valence-corrected chi connectivity index (χ4v) is 2.46. The molecule has 1 aliphatic heterocycles. The van der Waals surface area contributed by atoms with Crippen molar-refractivity contribution in [3.8, 4) is 5.69 Å². The summed E-state index contributed by atoms with van der Waals surface area (Å²) in [5.41, 5.74) is 1.17. The van der Waals surface area contributed by atoms with Crippen molar-refractivity contribution in [1.29, 1.82) is 0 Å². The Morgan fingerprint density at radius 1 is 1.30 bits per heavy atom. The highest BCUT2D eigenvalue weighted by Crippen LogP contribution is 2.25. The normalized spacial score (nSPS) is 14.1. The molecule has 3 heterocycles. The number of carbonyl (C=O) groups excluding carboxylic acids is 2. The van der Waals surface area contributed by atoms with E-state index >= 15 is 0 Å². The van der Waals surface area contributed by atoms with Gasteiger partial charge >= 0.3 is 5.97 Å². The largest absolute Gasteiger partial charge is 0.455 e. The maximum absolute atomic E-state index is 12.4. The highest BCUT2D eigenvalue weighted by Gasteiger charge is 2.30. The van der Waals surface area contributed by atoms with Gasteiger partial charge in [0.25, 0.3) is 5.91 Å². The van der Waals surface area contributed by atoms with Crippen molar-refractivity contribution in [3.63, 3.8) is 0 Å². The van der Waals surface area contributed by atoms with Gasteiger partial charge in [-0.25, -0.2) is 14.8 Å². The van der Waals surface area contributed by atoms with Gasteiger partial charge in [0.15, 0.2) is 11.4 Å². The van der Waals surface area contributed by atoms with Gasteiger partial charge in [0.1, 0.15) is 11.9 Å². The highest BCUT2D eigenvalue weighted by atomic mass is 16.6. The van der Waals surface area contributed by atoms with Crippen molar-refractivity contribution in [2.75, 3.05) is 7.05 Å². The SMILES string of the molecule is CN1Cc2c(C(=O)OC(C)(C)C)ncn2-c2cccnc2C1=O. The summed E-state index contributed by atoms with van der Waals surface area (Å²) in [6, 6.07) is 3.53. The summed E-state index contributed by atoms with van der Waals surface area (Å²) in [5, 5.41) is 0. The van der Waals surface area contributed by atoms with Crippen LogP contribution >= 0.6 is 0 Å². The van der Waals surface area contributed by atoms with Crippen LogP contribution in [0.5, 0.6) is 0 Å². The minimum absolute atomic E-state index is 0.195. The van der Waals surface area contributed by atoms with Crippen molar-refractivity contribution < 1.29 is 14.3 Å². The second-order valence-corrected chi connectivity index (χ2v) is 6.44.